The number of ketones is 1. The van der Waals surface area contributed by atoms with Gasteiger partial charge in [0.05, 0.1) is 18.5 Å². The fourth-order valence-corrected chi connectivity index (χ4v) is 3.91. The zero-order valence-electron chi connectivity index (χ0n) is 16.3. The molecule has 2 heterocycles. The van der Waals surface area contributed by atoms with Gasteiger partial charge in [-0.05, 0) is 35.7 Å². The topological polar surface area (TPSA) is 55.8 Å². The number of carbonyl (C=O) groups is 2. The van der Waals surface area contributed by atoms with E-state index in [0.717, 1.165) is 0 Å². The molecule has 0 radical (unpaired) electrons. The number of nitrogens with zero attached hydrogens (tertiary/aromatic N) is 1. The van der Waals surface area contributed by atoms with Gasteiger partial charge in [0.25, 0.3) is 5.91 Å². The monoisotopic (exact) mass is 379 g/mol. The molecular weight excluding hydrogens is 354 g/mol. The Kier molecular flexibility index (Phi) is 4.84. The average Bonchev–Trinajstić information content (AvgIpc) is 3.09. The van der Waals surface area contributed by atoms with Gasteiger partial charge in [-0.25, -0.2) is 0 Å². The molecule has 4 rings (SSSR count). The summed E-state index contributed by atoms with van der Waals surface area (Å²) in [5, 5.41) is 0. The van der Waals surface area contributed by atoms with E-state index in [2.05, 4.69) is 13.8 Å². The lowest BCUT2D eigenvalue weighted by Crippen LogP contribution is -2.45. The van der Waals surface area contributed by atoms with Crippen molar-refractivity contribution in [2.75, 3.05) is 19.7 Å². The van der Waals surface area contributed by atoms with Crippen molar-refractivity contribution in [1.82, 2.24) is 4.90 Å². The van der Waals surface area contributed by atoms with Crippen LogP contribution in [0.25, 0.3) is 0 Å². The molecule has 2 aromatic rings. The van der Waals surface area contributed by atoms with Crippen LogP contribution < -0.4 is 9.47 Å². The quantitative estimate of drug-likeness (QED) is 0.810. The van der Waals surface area contributed by atoms with Crippen LogP contribution in [-0.4, -0.2) is 41.9 Å². The third-order valence-electron chi connectivity index (χ3n) is 5.57. The van der Waals surface area contributed by atoms with Crippen molar-refractivity contribution in [2.45, 2.75) is 38.2 Å². The first kappa shape index (κ1) is 18.5. The van der Waals surface area contributed by atoms with Gasteiger partial charge in [-0.1, -0.05) is 38.1 Å². The number of hydrogen-bond donors (Lipinski definition) is 0. The number of para-hydroxylation sites is 1. The average molecular weight is 379 g/mol. The van der Waals surface area contributed by atoms with Gasteiger partial charge in [0.2, 0.25) is 0 Å². The molecule has 1 spiro atoms. The maximum atomic E-state index is 12.6. The summed E-state index contributed by atoms with van der Waals surface area (Å²) in [4.78, 5) is 26.8. The summed E-state index contributed by atoms with van der Waals surface area (Å²) in [5.41, 5.74) is 1.26. The van der Waals surface area contributed by atoms with Gasteiger partial charge < -0.3 is 14.4 Å². The van der Waals surface area contributed by atoms with Gasteiger partial charge in [-0.15, -0.1) is 0 Å². The summed E-state index contributed by atoms with van der Waals surface area (Å²) in [6.45, 7) is 5.26. The van der Waals surface area contributed by atoms with Crippen molar-refractivity contribution >= 4 is 11.7 Å². The van der Waals surface area contributed by atoms with Crippen LogP contribution in [0.1, 0.15) is 48.5 Å². The minimum absolute atomic E-state index is 0.0123. The van der Waals surface area contributed by atoms with E-state index in [1.165, 1.54) is 5.56 Å². The Morgan fingerprint density at radius 3 is 2.68 bits per heavy atom. The number of amides is 1. The van der Waals surface area contributed by atoms with Crippen LogP contribution in [0.2, 0.25) is 0 Å². The molecule has 0 saturated carbocycles. The molecule has 0 bridgehead atoms. The van der Waals surface area contributed by atoms with Crippen molar-refractivity contribution < 1.29 is 19.1 Å². The van der Waals surface area contributed by atoms with Gasteiger partial charge in [0, 0.05) is 13.0 Å². The van der Waals surface area contributed by atoms with E-state index < -0.39 is 5.60 Å². The molecule has 2 aliphatic heterocycles. The van der Waals surface area contributed by atoms with Gasteiger partial charge in [-0.3, -0.25) is 9.59 Å². The summed E-state index contributed by atoms with van der Waals surface area (Å²) in [6.07, 6.45) is 0.965. The number of rotatable bonds is 4. The minimum atomic E-state index is -0.611. The zero-order valence-corrected chi connectivity index (χ0v) is 16.3. The van der Waals surface area contributed by atoms with Crippen LogP contribution in [0.4, 0.5) is 0 Å². The SMILES string of the molecule is CC(C)c1ccc(OCC(=O)N2CCC3(CC(=O)c4ccccc4O3)C2)cc1. The Morgan fingerprint density at radius 2 is 1.93 bits per heavy atom. The number of hydrogen-bond acceptors (Lipinski definition) is 4. The Morgan fingerprint density at radius 1 is 1.18 bits per heavy atom. The number of benzene rings is 2. The van der Waals surface area contributed by atoms with Crippen molar-refractivity contribution in [2.24, 2.45) is 0 Å². The zero-order chi connectivity index (χ0) is 19.7. The fourth-order valence-electron chi connectivity index (χ4n) is 3.91. The number of Topliss-reactive ketones (excluding diaryl/α,β-unsaturated/α-hetero) is 1. The molecule has 5 heteroatoms. The molecule has 1 unspecified atom stereocenters. The second-order valence-electron chi connectivity index (χ2n) is 7.96. The third-order valence-corrected chi connectivity index (χ3v) is 5.57. The normalized spacial score (nSPS) is 21.0. The Balaban J connectivity index is 1.36. The number of carbonyl (C=O) groups excluding carboxylic acids is 2. The molecule has 28 heavy (non-hydrogen) atoms. The first-order valence-corrected chi connectivity index (χ1v) is 9.78. The predicted molar refractivity (Wildman–Crippen MR) is 106 cm³/mol. The molecule has 1 fully saturated rings. The molecule has 1 amide bonds. The molecule has 2 aliphatic rings. The first-order chi connectivity index (χ1) is 13.5. The highest BCUT2D eigenvalue weighted by Crippen LogP contribution is 2.38. The molecular formula is C23H25NO4. The van der Waals surface area contributed by atoms with Crippen LogP contribution in [0.5, 0.6) is 11.5 Å². The van der Waals surface area contributed by atoms with E-state index in [1.54, 1.807) is 11.0 Å². The number of fused-ring (bicyclic) bond motifs is 1. The van der Waals surface area contributed by atoms with E-state index in [-0.39, 0.29) is 18.3 Å². The standard InChI is InChI=1S/C23H25NO4/c1-16(2)17-7-9-18(10-8-17)27-14-22(26)24-12-11-23(15-24)13-20(25)19-5-3-4-6-21(19)28-23/h3-10,16H,11-15H2,1-2H3. The molecule has 0 aliphatic carbocycles. The van der Waals surface area contributed by atoms with Crippen LogP contribution in [0, 0.1) is 0 Å². The molecule has 5 nitrogen and oxygen atoms in total. The largest absolute Gasteiger partial charge is 0.484 e. The molecule has 2 aromatic carbocycles. The summed E-state index contributed by atoms with van der Waals surface area (Å²) in [5.74, 6) is 1.76. The summed E-state index contributed by atoms with van der Waals surface area (Å²) in [7, 11) is 0. The lowest BCUT2D eigenvalue weighted by atomic mass is 9.89. The highest BCUT2D eigenvalue weighted by molar-refractivity contribution is 6.00. The Labute approximate surface area is 165 Å². The second-order valence-corrected chi connectivity index (χ2v) is 7.96. The predicted octanol–water partition coefficient (Wildman–Crippen LogP) is 3.83. The van der Waals surface area contributed by atoms with E-state index in [9.17, 15) is 9.59 Å². The summed E-state index contributed by atoms with van der Waals surface area (Å²) >= 11 is 0. The van der Waals surface area contributed by atoms with Crippen molar-refractivity contribution in [1.29, 1.82) is 0 Å². The fraction of sp³-hybridized carbons (Fsp3) is 0.391. The number of ether oxygens (including phenoxy) is 2. The molecule has 0 aromatic heterocycles. The minimum Gasteiger partial charge on any atom is -0.484 e. The van der Waals surface area contributed by atoms with E-state index in [1.807, 2.05) is 42.5 Å². The van der Waals surface area contributed by atoms with E-state index in [4.69, 9.17) is 9.47 Å². The van der Waals surface area contributed by atoms with Crippen LogP contribution in [0.3, 0.4) is 0 Å². The van der Waals surface area contributed by atoms with Crippen molar-refractivity contribution in [3.63, 3.8) is 0 Å². The summed E-state index contributed by atoms with van der Waals surface area (Å²) in [6, 6.07) is 15.2. The van der Waals surface area contributed by atoms with Gasteiger partial charge in [-0.2, -0.15) is 0 Å². The van der Waals surface area contributed by atoms with Crippen molar-refractivity contribution in [3.8, 4) is 11.5 Å². The van der Waals surface area contributed by atoms with Crippen LogP contribution in [-0.2, 0) is 4.79 Å². The first-order valence-electron chi connectivity index (χ1n) is 9.78. The highest BCUT2D eigenvalue weighted by atomic mass is 16.5. The van der Waals surface area contributed by atoms with Gasteiger partial charge in [0.1, 0.15) is 17.1 Å². The third kappa shape index (κ3) is 3.61. The lowest BCUT2D eigenvalue weighted by molar-refractivity contribution is -0.133. The lowest BCUT2D eigenvalue weighted by Gasteiger charge is -2.34. The molecule has 1 atom stereocenters. The number of likely N-dealkylation sites (tertiary alicyclic amines) is 1. The Bertz CT molecular complexity index is 890. The summed E-state index contributed by atoms with van der Waals surface area (Å²) < 4.78 is 11.8. The van der Waals surface area contributed by atoms with Gasteiger partial charge in [0.15, 0.2) is 12.4 Å². The van der Waals surface area contributed by atoms with Crippen molar-refractivity contribution in [3.05, 3.63) is 59.7 Å². The molecule has 146 valence electrons. The Hall–Kier alpha value is -2.82. The van der Waals surface area contributed by atoms with Crippen LogP contribution >= 0.6 is 0 Å². The maximum absolute atomic E-state index is 12.6. The maximum Gasteiger partial charge on any atom is 0.260 e. The highest BCUT2D eigenvalue weighted by Gasteiger charge is 2.46. The van der Waals surface area contributed by atoms with E-state index in [0.29, 0.717) is 48.9 Å². The second kappa shape index (κ2) is 7.30. The van der Waals surface area contributed by atoms with E-state index >= 15 is 0 Å². The smallest absolute Gasteiger partial charge is 0.260 e. The molecule has 0 N–H and O–H groups in total. The molecule has 1 saturated heterocycles. The van der Waals surface area contributed by atoms with Crippen LogP contribution in [0.15, 0.2) is 48.5 Å². The van der Waals surface area contributed by atoms with Gasteiger partial charge >= 0.3 is 0 Å².